The van der Waals surface area contributed by atoms with E-state index in [1.165, 1.54) is 11.3 Å². The smallest absolute Gasteiger partial charge is 0.411 e. The van der Waals surface area contributed by atoms with E-state index in [0.29, 0.717) is 10.6 Å². The first-order valence-electron chi connectivity index (χ1n) is 13.0. The number of ether oxygens (including phenoxy) is 2. The summed E-state index contributed by atoms with van der Waals surface area (Å²) in [5.74, 6) is 0.668. The van der Waals surface area contributed by atoms with E-state index in [1.54, 1.807) is 0 Å². The number of benzene rings is 3. The molecule has 0 bridgehead atoms. The van der Waals surface area contributed by atoms with E-state index in [1.807, 2.05) is 78.9 Å². The standard InChI is InChI=1S/C30H33N5O3S/c1-34-14-16-35(17-15-34)19-22-10-5-6-11-24(22)33-30(36)37-20-26(21-8-3-2-4-9-21)38-25-12-7-13-27-23(25)18-28(39-27)29(31)32/h2-13,18,26H,14-17,19-20H2,1H3,(H3,31,32)(H,33,36). The van der Waals surface area contributed by atoms with Crippen molar-refractivity contribution in [3.63, 3.8) is 0 Å². The zero-order valence-electron chi connectivity index (χ0n) is 21.9. The fourth-order valence-corrected chi connectivity index (χ4v) is 5.55. The molecule has 3 aromatic carbocycles. The average molecular weight is 544 g/mol. The molecule has 0 radical (unpaired) electrons. The van der Waals surface area contributed by atoms with E-state index >= 15 is 0 Å². The number of likely N-dealkylation sites (N-methyl/N-ethyl adjacent to an activating group) is 1. The number of carbonyl (C=O) groups is 1. The molecule has 0 spiro atoms. The maximum absolute atomic E-state index is 12.9. The predicted molar refractivity (Wildman–Crippen MR) is 157 cm³/mol. The molecule has 9 heteroatoms. The van der Waals surface area contributed by atoms with Gasteiger partial charge in [-0.15, -0.1) is 11.3 Å². The van der Waals surface area contributed by atoms with Crippen LogP contribution in [0.2, 0.25) is 0 Å². The maximum Gasteiger partial charge on any atom is 0.411 e. The normalized spacial score (nSPS) is 15.1. The van der Waals surface area contributed by atoms with Crippen molar-refractivity contribution in [2.24, 2.45) is 5.73 Å². The van der Waals surface area contributed by atoms with Gasteiger partial charge >= 0.3 is 6.09 Å². The van der Waals surface area contributed by atoms with Crippen LogP contribution in [-0.2, 0) is 11.3 Å². The molecule has 5 rings (SSSR count). The highest BCUT2D eigenvalue weighted by Crippen LogP contribution is 2.35. The van der Waals surface area contributed by atoms with Gasteiger partial charge in [0, 0.05) is 48.5 Å². The van der Waals surface area contributed by atoms with Crippen LogP contribution >= 0.6 is 11.3 Å². The molecular formula is C30H33N5O3S. The number of rotatable bonds is 9. The number of amides is 1. The second-order valence-corrected chi connectivity index (χ2v) is 10.8. The zero-order chi connectivity index (χ0) is 27.2. The van der Waals surface area contributed by atoms with Crippen LogP contribution in [0.3, 0.4) is 0 Å². The molecule has 1 saturated heterocycles. The Kier molecular flexibility index (Phi) is 8.41. The monoisotopic (exact) mass is 543 g/mol. The lowest BCUT2D eigenvalue weighted by Gasteiger charge is -2.32. The molecule has 2 heterocycles. The van der Waals surface area contributed by atoms with Gasteiger partial charge in [-0.3, -0.25) is 15.6 Å². The van der Waals surface area contributed by atoms with Crippen LogP contribution in [0, 0.1) is 5.41 Å². The summed E-state index contributed by atoms with van der Waals surface area (Å²) in [5.41, 5.74) is 8.41. The summed E-state index contributed by atoms with van der Waals surface area (Å²) in [7, 11) is 2.14. The minimum Gasteiger partial charge on any atom is -0.481 e. The highest BCUT2D eigenvalue weighted by molar-refractivity contribution is 7.20. The molecule has 1 fully saturated rings. The number of fused-ring (bicyclic) bond motifs is 1. The number of anilines is 1. The van der Waals surface area contributed by atoms with Gasteiger partial charge in [0.25, 0.3) is 0 Å². The molecule has 39 heavy (non-hydrogen) atoms. The third kappa shape index (κ3) is 6.75. The van der Waals surface area contributed by atoms with Gasteiger partial charge in [0.1, 0.15) is 18.2 Å². The number of thiophene rings is 1. The lowest BCUT2D eigenvalue weighted by atomic mass is 10.1. The summed E-state index contributed by atoms with van der Waals surface area (Å²) in [6, 6.07) is 25.2. The van der Waals surface area contributed by atoms with Crippen LogP contribution in [0.15, 0.2) is 78.9 Å². The Morgan fingerprint density at radius 3 is 2.54 bits per heavy atom. The fraction of sp³-hybridized carbons (Fsp3) is 0.267. The molecule has 1 aliphatic rings. The van der Waals surface area contributed by atoms with Gasteiger partial charge in [-0.05, 0) is 42.4 Å². The number of amidine groups is 1. The van der Waals surface area contributed by atoms with Crippen molar-refractivity contribution in [1.82, 2.24) is 9.80 Å². The molecular weight excluding hydrogens is 510 g/mol. The fourth-order valence-electron chi connectivity index (χ4n) is 4.61. The van der Waals surface area contributed by atoms with E-state index in [4.69, 9.17) is 20.6 Å². The van der Waals surface area contributed by atoms with E-state index in [9.17, 15) is 4.79 Å². The van der Waals surface area contributed by atoms with Crippen molar-refractivity contribution in [3.05, 3.63) is 94.9 Å². The number of nitrogens with one attached hydrogen (secondary N) is 2. The molecule has 4 aromatic rings. The van der Waals surface area contributed by atoms with Crippen LogP contribution in [0.5, 0.6) is 5.75 Å². The summed E-state index contributed by atoms with van der Waals surface area (Å²) in [6.45, 7) is 4.86. The summed E-state index contributed by atoms with van der Waals surface area (Å²) in [6.07, 6.45) is -1.05. The highest BCUT2D eigenvalue weighted by Gasteiger charge is 2.20. The number of carbonyl (C=O) groups excluding carboxylic acids is 1. The number of hydrogen-bond acceptors (Lipinski definition) is 7. The largest absolute Gasteiger partial charge is 0.481 e. The summed E-state index contributed by atoms with van der Waals surface area (Å²) in [5, 5.41) is 11.6. The van der Waals surface area contributed by atoms with Crippen molar-refractivity contribution in [2.45, 2.75) is 12.6 Å². The van der Waals surface area contributed by atoms with E-state index in [2.05, 4.69) is 22.2 Å². The first-order valence-corrected chi connectivity index (χ1v) is 13.8. The minimum atomic E-state index is -0.530. The van der Waals surface area contributed by atoms with Gasteiger partial charge in [0.15, 0.2) is 6.10 Å². The molecule has 0 aliphatic carbocycles. The van der Waals surface area contributed by atoms with Gasteiger partial charge in [-0.2, -0.15) is 0 Å². The predicted octanol–water partition coefficient (Wildman–Crippen LogP) is 5.30. The second-order valence-electron chi connectivity index (χ2n) is 9.67. The Hall–Kier alpha value is -3.92. The average Bonchev–Trinajstić information content (AvgIpc) is 3.40. The number of para-hydroxylation sites is 1. The summed E-state index contributed by atoms with van der Waals surface area (Å²) < 4.78 is 13.1. The van der Waals surface area contributed by atoms with Crippen LogP contribution in [0.25, 0.3) is 10.1 Å². The molecule has 1 aliphatic heterocycles. The van der Waals surface area contributed by atoms with Crippen LogP contribution in [-0.4, -0.2) is 61.6 Å². The van der Waals surface area contributed by atoms with E-state index in [-0.39, 0.29) is 12.4 Å². The molecule has 1 unspecified atom stereocenters. The molecule has 1 aromatic heterocycles. The Bertz CT molecular complexity index is 1430. The van der Waals surface area contributed by atoms with Gasteiger partial charge in [0.05, 0.1) is 4.88 Å². The van der Waals surface area contributed by atoms with E-state index < -0.39 is 12.2 Å². The molecule has 1 amide bonds. The van der Waals surface area contributed by atoms with Gasteiger partial charge in [-0.1, -0.05) is 54.6 Å². The van der Waals surface area contributed by atoms with Gasteiger partial charge < -0.3 is 20.1 Å². The highest BCUT2D eigenvalue weighted by atomic mass is 32.1. The molecule has 8 nitrogen and oxygen atoms in total. The lowest BCUT2D eigenvalue weighted by Crippen LogP contribution is -2.44. The number of nitrogens with two attached hydrogens (primary N) is 1. The quantitative estimate of drug-likeness (QED) is 0.196. The number of piperazine rings is 1. The number of nitrogens with zero attached hydrogens (tertiary/aromatic N) is 2. The van der Waals surface area contributed by atoms with Gasteiger partial charge in [0.2, 0.25) is 0 Å². The van der Waals surface area contributed by atoms with Crippen molar-refractivity contribution in [1.29, 1.82) is 5.41 Å². The topological polar surface area (TPSA) is 104 Å². The van der Waals surface area contributed by atoms with Crippen molar-refractivity contribution in [2.75, 3.05) is 45.2 Å². The summed E-state index contributed by atoms with van der Waals surface area (Å²) >= 11 is 1.44. The van der Waals surface area contributed by atoms with Crippen molar-refractivity contribution < 1.29 is 14.3 Å². The lowest BCUT2D eigenvalue weighted by molar-refractivity contribution is 0.0909. The molecule has 1 atom stereocenters. The Morgan fingerprint density at radius 1 is 1.03 bits per heavy atom. The zero-order valence-corrected chi connectivity index (χ0v) is 22.7. The first kappa shape index (κ1) is 26.7. The molecule has 202 valence electrons. The Balaban J connectivity index is 1.28. The Labute approximate surface area is 232 Å². The van der Waals surface area contributed by atoms with Gasteiger partial charge in [-0.25, -0.2) is 4.79 Å². The van der Waals surface area contributed by atoms with Crippen LogP contribution in [0.1, 0.15) is 22.1 Å². The summed E-state index contributed by atoms with van der Waals surface area (Å²) in [4.78, 5) is 18.3. The van der Waals surface area contributed by atoms with Crippen molar-refractivity contribution >= 4 is 39.0 Å². The third-order valence-electron chi connectivity index (χ3n) is 6.84. The third-order valence-corrected chi connectivity index (χ3v) is 7.97. The minimum absolute atomic E-state index is 0.0228. The second kappa shape index (κ2) is 12.3. The SMILES string of the molecule is CN1CCN(Cc2ccccc2NC(=O)OCC(Oc2cccc3sc(C(=N)N)cc23)c2ccccc2)CC1. The van der Waals surface area contributed by atoms with E-state index in [0.717, 1.165) is 59.6 Å². The van der Waals surface area contributed by atoms with Crippen molar-refractivity contribution in [3.8, 4) is 5.75 Å². The number of hydrogen-bond donors (Lipinski definition) is 3. The maximum atomic E-state index is 12.9. The first-order chi connectivity index (χ1) is 19.0. The Morgan fingerprint density at radius 2 is 1.77 bits per heavy atom. The molecule has 4 N–H and O–H groups in total. The molecule has 0 saturated carbocycles. The number of nitrogen functional groups attached to an aromatic ring is 1. The van der Waals surface area contributed by atoms with Crippen LogP contribution in [0.4, 0.5) is 10.5 Å². The van der Waals surface area contributed by atoms with Crippen LogP contribution < -0.4 is 15.8 Å².